The van der Waals surface area contributed by atoms with Gasteiger partial charge in [-0.15, -0.1) is 0 Å². The normalized spacial score (nSPS) is 15.8. The van der Waals surface area contributed by atoms with E-state index in [0.29, 0.717) is 35.2 Å². The van der Waals surface area contributed by atoms with Gasteiger partial charge in [0.05, 0.1) is 6.54 Å². The number of nitrogens with zero attached hydrogens (tertiary/aromatic N) is 5. The van der Waals surface area contributed by atoms with Gasteiger partial charge in [0.15, 0.2) is 11.2 Å². The first-order valence-electron chi connectivity index (χ1n) is 10.7. The fourth-order valence-corrected chi connectivity index (χ4v) is 4.58. The summed E-state index contributed by atoms with van der Waals surface area (Å²) in [5.41, 5.74) is 2.22. The standard InChI is InChI=1S/C24H24ClN5O2/c1-16-12-28(14-17-6-4-3-5-7-17)23-26-21-20(29(23)13-16)22(31)30(24(32)27(21)2)15-18-8-10-19(25)11-9-18/h3-11,16H,12-15H2,1-2H3. The number of benzene rings is 2. The molecule has 2 aromatic carbocycles. The topological polar surface area (TPSA) is 65.1 Å². The SMILES string of the molecule is CC1CN(Cc2ccccc2)c2nc3c(c(=O)n(Cc4ccc(Cl)cc4)c(=O)n3C)n2C1. The number of aryl methyl sites for hydroxylation is 1. The Hall–Kier alpha value is -3.32. The van der Waals surface area contributed by atoms with Crippen molar-refractivity contribution < 1.29 is 0 Å². The molecule has 0 N–H and O–H groups in total. The van der Waals surface area contributed by atoms with Crippen molar-refractivity contribution in [2.45, 2.75) is 26.6 Å². The van der Waals surface area contributed by atoms with Crippen LogP contribution in [0.5, 0.6) is 0 Å². The second-order valence-electron chi connectivity index (χ2n) is 8.53. The number of fused-ring (bicyclic) bond motifs is 3. The average Bonchev–Trinajstić information content (AvgIpc) is 3.17. The van der Waals surface area contributed by atoms with Gasteiger partial charge in [0.2, 0.25) is 5.95 Å². The minimum Gasteiger partial charge on any atom is -0.338 e. The number of imidazole rings is 1. The molecule has 4 aromatic rings. The van der Waals surface area contributed by atoms with Crippen molar-refractivity contribution in [3.63, 3.8) is 0 Å². The van der Waals surface area contributed by atoms with E-state index < -0.39 is 0 Å². The van der Waals surface area contributed by atoms with E-state index in [0.717, 1.165) is 18.1 Å². The molecule has 0 saturated carbocycles. The van der Waals surface area contributed by atoms with E-state index in [1.54, 1.807) is 19.2 Å². The Morgan fingerprint density at radius 2 is 1.66 bits per heavy atom. The molecule has 7 nitrogen and oxygen atoms in total. The summed E-state index contributed by atoms with van der Waals surface area (Å²) in [6, 6.07) is 17.4. The Balaban J connectivity index is 1.65. The lowest BCUT2D eigenvalue weighted by atomic mass is 10.1. The van der Waals surface area contributed by atoms with Gasteiger partial charge in [-0.1, -0.05) is 61.0 Å². The average molecular weight is 450 g/mol. The first-order valence-corrected chi connectivity index (χ1v) is 11.0. The van der Waals surface area contributed by atoms with Gasteiger partial charge in [0.1, 0.15) is 0 Å². The minimum absolute atomic E-state index is 0.183. The number of hydrogen-bond acceptors (Lipinski definition) is 4. The smallest absolute Gasteiger partial charge is 0.332 e. The second-order valence-corrected chi connectivity index (χ2v) is 8.96. The predicted molar refractivity (Wildman–Crippen MR) is 126 cm³/mol. The summed E-state index contributed by atoms with van der Waals surface area (Å²) in [5, 5.41) is 0.613. The molecule has 164 valence electrons. The molecule has 3 heterocycles. The molecule has 1 aliphatic rings. The van der Waals surface area contributed by atoms with Crippen LogP contribution in [0, 0.1) is 5.92 Å². The fraction of sp³-hybridized carbons (Fsp3) is 0.292. The van der Waals surface area contributed by atoms with Crippen molar-refractivity contribution >= 4 is 28.7 Å². The van der Waals surface area contributed by atoms with Crippen molar-refractivity contribution in [1.29, 1.82) is 0 Å². The quantitative estimate of drug-likeness (QED) is 0.479. The molecule has 32 heavy (non-hydrogen) atoms. The molecular formula is C24H24ClN5O2. The molecule has 1 unspecified atom stereocenters. The van der Waals surface area contributed by atoms with Crippen molar-refractivity contribution in [2.75, 3.05) is 11.4 Å². The van der Waals surface area contributed by atoms with Crippen molar-refractivity contribution in [1.82, 2.24) is 18.7 Å². The number of rotatable bonds is 4. The Labute approximate surface area is 190 Å². The molecule has 0 saturated heterocycles. The van der Waals surface area contributed by atoms with Gasteiger partial charge < -0.3 is 9.47 Å². The van der Waals surface area contributed by atoms with Gasteiger partial charge >= 0.3 is 5.69 Å². The first kappa shape index (κ1) is 20.6. The molecule has 0 fully saturated rings. The van der Waals surface area contributed by atoms with E-state index in [1.165, 1.54) is 14.7 Å². The zero-order valence-electron chi connectivity index (χ0n) is 18.0. The van der Waals surface area contributed by atoms with Crippen LogP contribution in [0.3, 0.4) is 0 Å². The molecule has 0 spiro atoms. The largest absolute Gasteiger partial charge is 0.338 e. The molecule has 2 aromatic heterocycles. The molecule has 0 aliphatic carbocycles. The van der Waals surface area contributed by atoms with E-state index in [-0.39, 0.29) is 17.8 Å². The first-order chi connectivity index (χ1) is 15.4. The summed E-state index contributed by atoms with van der Waals surface area (Å²) in [4.78, 5) is 33.5. The van der Waals surface area contributed by atoms with Crippen LogP contribution in [-0.4, -0.2) is 25.2 Å². The Morgan fingerprint density at radius 3 is 2.38 bits per heavy atom. The highest BCUT2D eigenvalue weighted by Crippen LogP contribution is 2.28. The zero-order valence-corrected chi connectivity index (χ0v) is 18.8. The molecule has 5 rings (SSSR count). The van der Waals surface area contributed by atoms with Gasteiger partial charge in [0, 0.05) is 31.7 Å². The van der Waals surface area contributed by atoms with Crippen LogP contribution in [0.2, 0.25) is 5.02 Å². The highest BCUT2D eigenvalue weighted by atomic mass is 35.5. The van der Waals surface area contributed by atoms with Crippen LogP contribution in [-0.2, 0) is 26.7 Å². The zero-order chi connectivity index (χ0) is 22.4. The highest BCUT2D eigenvalue weighted by Gasteiger charge is 2.29. The number of anilines is 1. The van der Waals surface area contributed by atoms with E-state index in [2.05, 4.69) is 24.0 Å². The summed E-state index contributed by atoms with van der Waals surface area (Å²) < 4.78 is 4.73. The maximum Gasteiger partial charge on any atom is 0.332 e. The van der Waals surface area contributed by atoms with E-state index in [9.17, 15) is 9.59 Å². The summed E-state index contributed by atoms with van der Waals surface area (Å²) in [6.07, 6.45) is 0. The maximum absolute atomic E-state index is 13.5. The number of hydrogen-bond donors (Lipinski definition) is 0. The van der Waals surface area contributed by atoms with Crippen molar-refractivity contribution in [3.8, 4) is 0 Å². The van der Waals surface area contributed by atoms with E-state index in [4.69, 9.17) is 16.6 Å². The predicted octanol–water partition coefficient (Wildman–Crippen LogP) is 3.25. The van der Waals surface area contributed by atoms with E-state index >= 15 is 0 Å². The van der Waals surface area contributed by atoms with Gasteiger partial charge in [0.25, 0.3) is 5.56 Å². The third-order valence-electron chi connectivity index (χ3n) is 5.99. The molecule has 1 aliphatic heterocycles. The Kier molecular flexibility index (Phi) is 5.13. The van der Waals surface area contributed by atoms with Crippen LogP contribution >= 0.6 is 11.6 Å². The Morgan fingerprint density at radius 1 is 0.969 bits per heavy atom. The monoisotopic (exact) mass is 449 g/mol. The molecule has 1 atom stereocenters. The highest BCUT2D eigenvalue weighted by molar-refractivity contribution is 6.30. The Bertz CT molecular complexity index is 1400. The van der Waals surface area contributed by atoms with E-state index in [1.807, 2.05) is 34.9 Å². The molecule has 0 amide bonds. The summed E-state index contributed by atoms with van der Waals surface area (Å²) >= 11 is 5.98. The summed E-state index contributed by atoms with van der Waals surface area (Å²) in [6.45, 7) is 4.57. The van der Waals surface area contributed by atoms with Gasteiger partial charge in [-0.25, -0.2) is 4.79 Å². The van der Waals surface area contributed by atoms with Crippen LogP contribution < -0.4 is 16.1 Å². The maximum atomic E-state index is 13.5. The van der Waals surface area contributed by atoms with Crippen LogP contribution in [0.15, 0.2) is 64.2 Å². The number of aromatic nitrogens is 4. The van der Waals surface area contributed by atoms with Crippen LogP contribution in [0.4, 0.5) is 5.95 Å². The third kappa shape index (κ3) is 3.52. The second kappa shape index (κ2) is 7.98. The van der Waals surface area contributed by atoms with Crippen molar-refractivity contribution in [2.24, 2.45) is 13.0 Å². The lowest BCUT2D eigenvalue weighted by molar-refractivity contribution is 0.435. The van der Waals surface area contributed by atoms with Crippen molar-refractivity contribution in [3.05, 3.63) is 91.6 Å². The lowest BCUT2D eigenvalue weighted by Crippen LogP contribution is -2.41. The van der Waals surface area contributed by atoms with Crippen LogP contribution in [0.25, 0.3) is 11.2 Å². The molecule has 8 heteroatoms. The number of halogens is 1. The lowest BCUT2D eigenvalue weighted by Gasteiger charge is -2.33. The fourth-order valence-electron chi connectivity index (χ4n) is 4.45. The molecule has 0 bridgehead atoms. The minimum atomic E-state index is -0.379. The molecule has 0 radical (unpaired) electrons. The molecular weight excluding hydrogens is 426 g/mol. The summed E-state index contributed by atoms with van der Waals surface area (Å²) in [5.74, 6) is 1.07. The summed E-state index contributed by atoms with van der Waals surface area (Å²) in [7, 11) is 1.67. The van der Waals surface area contributed by atoms with Gasteiger partial charge in [-0.2, -0.15) is 4.98 Å². The third-order valence-corrected chi connectivity index (χ3v) is 6.24. The van der Waals surface area contributed by atoms with Crippen LogP contribution in [0.1, 0.15) is 18.1 Å². The van der Waals surface area contributed by atoms with Gasteiger partial charge in [-0.05, 0) is 29.2 Å². The van der Waals surface area contributed by atoms with Gasteiger partial charge in [-0.3, -0.25) is 13.9 Å².